The summed E-state index contributed by atoms with van der Waals surface area (Å²) in [7, 11) is 0. The monoisotopic (exact) mass is 257 g/mol. The molecule has 1 N–H and O–H groups in total. The Morgan fingerprint density at radius 3 is 2.58 bits per heavy atom. The summed E-state index contributed by atoms with van der Waals surface area (Å²) in [6, 6.07) is 10.0. The average Bonchev–Trinajstić information content (AvgIpc) is 2.78. The van der Waals surface area contributed by atoms with Crippen LogP contribution in [0, 0.1) is 5.41 Å². The zero-order valence-corrected chi connectivity index (χ0v) is 11.2. The second-order valence-electron chi connectivity index (χ2n) is 5.28. The van der Waals surface area contributed by atoms with E-state index in [1.807, 2.05) is 30.3 Å². The van der Waals surface area contributed by atoms with Crippen LogP contribution in [0.3, 0.4) is 0 Å². The number of benzene rings is 1. The number of piperidine rings is 1. The Morgan fingerprint density at radius 1 is 1.26 bits per heavy atom. The van der Waals surface area contributed by atoms with Crippen LogP contribution in [-0.2, 0) is 4.79 Å². The predicted molar refractivity (Wildman–Crippen MR) is 74.9 cm³/mol. The van der Waals surface area contributed by atoms with E-state index in [1.54, 1.807) is 0 Å². The standard InChI is InChI=1S/C15H19N3O/c1-2-18-10-8-15(9-11-18)13(16-17-14(15)19)12-6-4-3-5-7-12/h3-7H,2,8-11H2,1H3,(H,17,19). The molecule has 4 nitrogen and oxygen atoms in total. The molecule has 4 heteroatoms. The molecule has 1 fully saturated rings. The summed E-state index contributed by atoms with van der Waals surface area (Å²) < 4.78 is 0. The summed E-state index contributed by atoms with van der Waals surface area (Å²) in [5.41, 5.74) is 4.27. The first-order valence-electron chi connectivity index (χ1n) is 6.92. The second kappa shape index (κ2) is 4.78. The van der Waals surface area contributed by atoms with Gasteiger partial charge in [0.25, 0.3) is 5.91 Å². The third-order valence-electron chi connectivity index (χ3n) is 4.36. The Balaban J connectivity index is 1.91. The van der Waals surface area contributed by atoms with Crippen LogP contribution in [0.2, 0.25) is 0 Å². The molecule has 0 aromatic heterocycles. The van der Waals surface area contributed by atoms with Crippen molar-refractivity contribution in [2.24, 2.45) is 10.5 Å². The Morgan fingerprint density at radius 2 is 1.95 bits per heavy atom. The van der Waals surface area contributed by atoms with Gasteiger partial charge in [0.15, 0.2) is 0 Å². The van der Waals surface area contributed by atoms with Gasteiger partial charge in [-0.15, -0.1) is 0 Å². The van der Waals surface area contributed by atoms with Gasteiger partial charge in [-0.05, 0) is 38.0 Å². The maximum atomic E-state index is 12.3. The number of carbonyl (C=O) groups is 1. The molecule has 2 aliphatic heterocycles. The summed E-state index contributed by atoms with van der Waals surface area (Å²) in [5.74, 6) is 0.0714. The minimum Gasteiger partial charge on any atom is -0.304 e. The molecule has 1 amide bonds. The highest BCUT2D eigenvalue weighted by molar-refractivity contribution is 6.19. The largest absolute Gasteiger partial charge is 0.304 e. The molecule has 3 rings (SSSR count). The number of amides is 1. The smallest absolute Gasteiger partial charge is 0.252 e. The topological polar surface area (TPSA) is 44.7 Å². The molecule has 0 unspecified atom stereocenters. The molecule has 100 valence electrons. The SMILES string of the molecule is CCN1CCC2(CC1)C(=O)NN=C2c1ccccc1. The molecular weight excluding hydrogens is 238 g/mol. The van der Waals surface area contributed by atoms with Crippen LogP contribution >= 0.6 is 0 Å². The molecule has 1 saturated heterocycles. The van der Waals surface area contributed by atoms with Crippen molar-refractivity contribution >= 4 is 11.6 Å². The molecule has 1 aromatic rings. The van der Waals surface area contributed by atoms with Crippen molar-refractivity contribution in [1.82, 2.24) is 10.3 Å². The fourth-order valence-electron chi connectivity index (χ4n) is 3.08. The molecule has 0 bridgehead atoms. The second-order valence-corrected chi connectivity index (χ2v) is 5.28. The van der Waals surface area contributed by atoms with Gasteiger partial charge in [-0.25, -0.2) is 5.43 Å². The molecule has 2 aliphatic rings. The average molecular weight is 257 g/mol. The summed E-state index contributed by atoms with van der Waals surface area (Å²) in [5, 5.41) is 4.31. The fourth-order valence-corrected chi connectivity index (χ4v) is 3.08. The van der Waals surface area contributed by atoms with Crippen LogP contribution < -0.4 is 5.43 Å². The lowest BCUT2D eigenvalue weighted by atomic mass is 9.72. The Labute approximate surface area is 113 Å². The quantitative estimate of drug-likeness (QED) is 0.875. The number of hydrogen-bond acceptors (Lipinski definition) is 3. The normalized spacial score (nSPS) is 22.4. The highest BCUT2D eigenvalue weighted by Gasteiger charge is 2.49. The number of hydrogen-bond donors (Lipinski definition) is 1. The first-order valence-corrected chi connectivity index (χ1v) is 6.92. The van der Waals surface area contributed by atoms with Gasteiger partial charge < -0.3 is 4.90 Å². The van der Waals surface area contributed by atoms with E-state index in [4.69, 9.17) is 0 Å². The Kier molecular flexibility index (Phi) is 3.11. The molecule has 0 radical (unpaired) electrons. The van der Waals surface area contributed by atoms with Gasteiger partial charge in [0.2, 0.25) is 0 Å². The molecule has 0 atom stereocenters. The minimum atomic E-state index is -0.410. The number of nitrogens with one attached hydrogen (secondary N) is 1. The van der Waals surface area contributed by atoms with Crippen LogP contribution in [0.4, 0.5) is 0 Å². The van der Waals surface area contributed by atoms with Gasteiger partial charge in [-0.2, -0.15) is 5.10 Å². The van der Waals surface area contributed by atoms with E-state index in [0.29, 0.717) is 0 Å². The summed E-state index contributed by atoms with van der Waals surface area (Å²) >= 11 is 0. The molecular formula is C15H19N3O. The van der Waals surface area contributed by atoms with E-state index in [9.17, 15) is 4.79 Å². The molecule has 1 spiro atoms. The zero-order valence-electron chi connectivity index (χ0n) is 11.2. The molecule has 1 aromatic carbocycles. The van der Waals surface area contributed by atoms with E-state index < -0.39 is 5.41 Å². The van der Waals surface area contributed by atoms with E-state index in [-0.39, 0.29) is 5.91 Å². The molecule has 0 aliphatic carbocycles. The zero-order chi connectivity index (χ0) is 13.3. The van der Waals surface area contributed by atoms with E-state index in [1.165, 1.54) is 0 Å². The van der Waals surface area contributed by atoms with Gasteiger partial charge >= 0.3 is 0 Å². The first-order chi connectivity index (χ1) is 9.26. The third kappa shape index (κ3) is 1.96. The number of hydrazone groups is 1. The van der Waals surface area contributed by atoms with E-state index >= 15 is 0 Å². The van der Waals surface area contributed by atoms with E-state index in [0.717, 1.165) is 43.8 Å². The highest BCUT2D eigenvalue weighted by atomic mass is 16.2. The van der Waals surface area contributed by atoms with Crippen molar-refractivity contribution < 1.29 is 4.79 Å². The number of carbonyl (C=O) groups excluding carboxylic acids is 1. The lowest BCUT2D eigenvalue weighted by Crippen LogP contribution is -2.48. The van der Waals surface area contributed by atoms with Gasteiger partial charge in [-0.3, -0.25) is 4.79 Å². The van der Waals surface area contributed by atoms with Crippen LogP contribution in [0.5, 0.6) is 0 Å². The van der Waals surface area contributed by atoms with Crippen molar-refractivity contribution in [1.29, 1.82) is 0 Å². The predicted octanol–water partition coefficient (Wildman–Crippen LogP) is 1.62. The molecule has 19 heavy (non-hydrogen) atoms. The van der Waals surface area contributed by atoms with Crippen LogP contribution in [-0.4, -0.2) is 36.2 Å². The lowest BCUT2D eigenvalue weighted by Gasteiger charge is -2.37. The van der Waals surface area contributed by atoms with Crippen molar-refractivity contribution in [2.45, 2.75) is 19.8 Å². The van der Waals surface area contributed by atoms with Crippen molar-refractivity contribution in [2.75, 3.05) is 19.6 Å². The van der Waals surface area contributed by atoms with Crippen LogP contribution in [0.25, 0.3) is 0 Å². The fraction of sp³-hybridized carbons (Fsp3) is 0.467. The van der Waals surface area contributed by atoms with Gasteiger partial charge in [-0.1, -0.05) is 37.3 Å². The van der Waals surface area contributed by atoms with Crippen molar-refractivity contribution in [3.8, 4) is 0 Å². The Bertz CT molecular complexity index is 501. The van der Waals surface area contributed by atoms with Gasteiger partial charge in [0, 0.05) is 0 Å². The molecule has 2 heterocycles. The lowest BCUT2D eigenvalue weighted by molar-refractivity contribution is -0.128. The van der Waals surface area contributed by atoms with Crippen molar-refractivity contribution in [3.63, 3.8) is 0 Å². The van der Waals surface area contributed by atoms with Gasteiger partial charge in [0.05, 0.1) is 11.1 Å². The summed E-state index contributed by atoms with van der Waals surface area (Å²) in [6.07, 6.45) is 1.72. The first kappa shape index (κ1) is 12.4. The molecule has 0 saturated carbocycles. The van der Waals surface area contributed by atoms with E-state index in [2.05, 4.69) is 22.4 Å². The van der Waals surface area contributed by atoms with Crippen LogP contribution in [0.1, 0.15) is 25.3 Å². The van der Waals surface area contributed by atoms with Gasteiger partial charge in [0.1, 0.15) is 0 Å². The van der Waals surface area contributed by atoms with Crippen molar-refractivity contribution in [3.05, 3.63) is 35.9 Å². The van der Waals surface area contributed by atoms with Crippen LogP contribution in [0.15, 0.2) is 35.4 Å². The Hall–Kier alpha value is -1.68. The third-order valence-corrected chi connectivity index (χ3v) is 4.36. The number of nitrogens with zero attached hydrogens (tertiary/aromatic N) is 2. The maximum Gasteiger partial charge on any atom is 0.252 e. The summed E-state index contributed by atoms with van der Waals surface area (Å²) in [4.78, 5) is 14.7. The highest BCUT2D eigenvalue weighted by Crippen LogP contribution is 2.38. The summed E-state index contributed by atoms with van der Waals surface area (Å²) in [6.45, 7) is 5.15. The minimum absolute atomic E-state index is 0.0714. The maximum absolute atomic E-state index is 12.3. The number of likely N-dealkylation sites (tertiary alicyclic amines) is 1. The number of rotatable bonds is 2.